The third-order valence-electron chi connectivity index (χ3n) is 2.26. The minimum absolute atomic E-state index is 0.160. The first-order chi connectivity index (χ1) is 8.56. The summed E-state index contributed by atoms with van der Waals surface area (Å²) in [6.45, 7) is 1.42. The molecule has 5 heteroatoms. The van der Waals surface area contributed by atoms with E-state index in [0.29, 0.717) is 11.3 Å². The number of nitrogens with one attached hydrogen (secondary N) is 1. The van der Waals surface area contributed by atoms with Gasteiger partial charge in [-0.2, -0.15) is 0 Å². The van der Waals surface area contributed by atoms with Crippen molar-refractivity contribution in [2.24, 2.45) is 0 Å². The molecule has 0 fully saturated rings. The van der Waals surface area contributed by atoms with E-state index in [1.165, 1.54) is 19.1 Å². The van der Waals surface area contributed by atoms with Crippen LogP contribution in [0.5, 0.6) is 0 Å². The van der Waals surface area contributed by atoms with E-state index in [9.17, 15) is 9.59 Å². The highest BCUT2D eigenvalue weighted by Crippen LogP contribution is 2.18. The van der Waals surface area contributed by atoms with Crippen molar-refractivity contribution in [3.05, 3.63) is 52.9 Å². The van der Waals surface area contributed by atoms with E-state index in [0.717, 1.165) is 0 Å². The molecule has 0 spiro atoms. The van der Waals surface area contributed by atoms with Crippen LogP contribution in [0, 0.1) is 0 Å². The summed E-state index contributed by atoms with van der Waals surface area (Å²) in [5, 5.41) is 2.79. The lowest BCUT2D eigenvalue weighted by atomic mass is 10.1. The number of carbonyl (C=O) groups excluding carboxylic acids is 2. The Balaban J connectivity index is 2.19. The Morgan fingerprint density at radius 1 is 1.11 bits per heavy atom. The lowest BCUT2D eigenvalue weighted by Gasteiger charge is -2.02. The van der Waals surface area contributed by atoms with Crippen LogP contribution in [-0.4, -0.2) is 11.7 Å². The molecule has 0 atom stereocenters. The number of rotatable bonds is 3. The van der Waals surface area contributed by atoms with E-state index in [-0.39, 0.29) is 22.7 Å². The van der Waals surface area contributed by atoms with Gasteiger partial charge in [-0.3, -0.25) is 9.59 Å². The summed E-state index contributed by atoms with van der Waals surface area (Å²) in [6, 6.07) is 9.57. The molecule has 0 saturated carbocycles. The maximum atomic E-state index is 12.0. The van der Waals surface area contributed by atoms with E-state index < -0.39 is 0 Å². The third-order valence-corrected chi connectivity index (χ3v) is 2.47. The molecule has 0 aliphatic rings. The SMILES string of the molecule is CC(=O)Nc1ccc(C(=O)c2ccc(Cl)o2)cc1. The summed E-state index contributed by atoms with van der Waals surface area (Å²) >= 11 is 5.61. The van der Waals surface area contributed by atoms with E-state index in [2.05, 4.69) is 5.32 Å². The second kappa shape index (κ2) is 5.06. The number of furan rings is 1. The highest BCUT2D eigenvalue weighted by molar-refractivity contribution is 6.29. The molecule has 1 heterocycles. The largest absolute Gasteiger partial charge is 0.441 e. The van der Waals surface area contributed by atoms with Gasteiger partial charge >= 0.3 is 0 Å². The number of ketones is 1. The first kappa shape index (κ1) is 12.4. The first-order valence-corrected chi connectivity index (χ1v) is 5.62. The van der Waals surface area contributed by atoms with Gasteiger partial charge in [0.25, 0.3) is 0 Å². The van der Waals surface area contributed by atoms with Gasteiger partial charge in [0.1, 0.15) is 0 Å². The van der Waals surface area contributed by atoms with Crippen LogP contribution < -0.4 is 5.32 Å². The zero-order valence-corrected chi connectivity index (χ0v) is 10.3. The van der Waals surface area contributed by atoms with Crippen molar-refractivity contribution >= 4 is 29.0 Å². The lowest BCUT2D eigenvalue weighted by Crippen LogP contribution is -2.06. The average molecular weight is 264 g/mol. The molecule has 18 heavy (non-hydrogen) atoms. The molecular formula is C13H10ClNO3. The van der Waals surface area contributed by atoms with Gasteiger partial charge in [0.2, 0.25) is 11.7 Å². The fourth-order valence-corrected chi connectivity index (χ4v) is 1.63. The Hall–Kier alpha value is -2.07. The zero-order chi connectivity index (χ0) is 13.1. The average Bonchev–Trinajstić information content (AvgIpc) is 2.75. The molecule has 1 N–H and O–H groups in total. The number of hydrogen-bond donors (Lipinski definition) is 1. The predicted octanol–water partition coefficient (Wildman–Crippen LogP) is 3.12. The highest BCUT2D eigenvalue weighted by atomic mass is 35.5. The minimum Gasteiger partial charge on any atom is -0.441 e. The summed E-state index contributed by atoms with van der Waals surface area (Å²) in [5.74, 6) is -0.226. The van der Waals surface area contributed by atoms with Gasteiger partial charge in [-0.25, -0.2) is 0 Å². The van der Waals surface area contributed by atoms with Gasteiger partial charge in [-0.05, 0) is 48.0 Å². The quantitative estimate of drug-likeness (QED) is 0.866. The molecule has 0 unspecified atom stereocenters. The smallest absolute Gasteiger partial charge is 0.228 e. The van der Waals surface area contributed by atoms with Crippen LogP contribution >= 0.6 is 11.6 Å². The van der Waals surface area contributed by atoms with Gasteiger partial charge in [-0.1, -0.05) is 0 Å². The fourth-order valence-electron chi connectivity index (χ4n) is 1.49. The Kier molecular flexibility index (Phi) is 3.48. The number of anilines is 1. The molecule has 1 aromatic heterocycles. The molecule has 0 radical (unpaired) electrons. The van der Waals surface area contributed by atoms with E-state index in [4.69, 9.17) is 16.0 Å². The van der Waals surface area contributed by atoms with Crippen LogP contribution in [0.25, 0.3) is 0 Å². The van der Waals surface area contributed by atoms with Gasteiger partial charge < -0.3 is 9.73 Å². The van der Waals surface area contributed by atoms with Gasteiger partial charge in [0.05, 0.1) is 0 Å². The van der Waals surface area contributed by atoms with E-state index in [1.54, 1.807) is 24.3 Å². The van der Waals surface area contributed by atoms with Gasteiger partial charge in [0, 0.05) is 18.2 Å². The highest BCUT2D eigenvalue weighted by Gasteiger charge is 2.13. The minimum atomic E-state index is -0.253. The van der Waals surface area contributed by atoms with Gasteiger partial charge in [-0.15, -0.1) is 0 Å². The van der Waals surface area contributed by atoms with E-state index >= 15 is 0 Å². The van der Waals surface area contributed by atoms with E-state index in [1.807, 2.05) is 0 Å². The van der Waals surface area contributed by atoms with Crippen molar-refractivity contribution in [3.63, 3.8) is 0 Å². The molecule has 0 saturated heterocycles. The molecule has 0 aliphatic carbocycles. The van der Waals surface area contributed by atoms with Crippen LogP contribution in [0.2, 0.25) is 5.22 Å². The van der Waals surface area contributed by atoms with Crippen molar-refractivity contribution in [2.45, 2.75) is 6.92 Å². The summed E-state index contributed by atoms with van der Waals surface area (Å²) in [4.78, 5) is 22.8. The van der Waals surface area contributed by atoms with Crippen LogP contribution in [0.1, 0.15) is 23.0 Å². The third kappa shape index (κ3) is 2.78. The molecule has 92 valence electrons. The number of halogens is 1. The maximum absolute atomic E-state index is 12.0. The Morgan fingerprint density at radius 2 is 1.78 bits per heavy atom. The molecule has 1 aromatic carbocycles. The Bertz CT molecular complexity index is 587. The topological polar surface area (TPSA) is 59.3 Å². The van der Waals surface area contributed by atoms with Crippen molar-refractivity contribution in [2.75, 3.05) is 5.32 Å². The lowest BCUT2D eigenvalue weighted by molar-refractivity contribution is -0.114. The van der Waals surface area contributed by atoms with Crippen molar-refractivity contribution in [1.29, 1.82) is 0 Å². The standard InChI is InChI=1S/C13H10ClNO3/c1-8(16)15-10-4-2-9(3-5-10)13(17)11-6-7-12(14)18-11/h2-7H,1H3,(H,15,16). The second-order valence-corrected chi connectivity index (χ2v) is 4.06. The molecule has 1 amide bonds. The summed E-state index contributed by atoms with van der Waals surface area (Å²) in [6.07, 6.45) is 0. The van der Waals surface area contributed by atoms with Crippen LogP contribution in [-0.2, 0) is 4.79 Å². The monoisotopic (exact) mass is 263 g/mol. The summed E-state index contributed by atoms with van der Waals surface area (Å²) < 4.78 is 5.04. The van der Waals surface area contributed by atoms with Crippen molar-refractivity contribution in [1.82, 2.24) is 0 Å². The number of hydrogen-bond acceptors (Lipinski definition) is 3. The molecular weight excluding hydrogens is 254 g/mol. The predicted molar refractivity (Wildman–Crippen MR) is 67.9 cm³/mol. The molecule has 0 aliphatic heterocycles. The summed E-state index contributed by atoms with van der Waals surface area (Å²) in [5.41, 5.74) is 1.10. The normalized spacial score (nSPS) is 10.1. The van der Waals surface area contributed by atoms with Crippen molar-refractivity contribution < 1.29 is 14.0 Å². The fraction of sp³-hybridized carbons (Fsp3) is 0.0769. The van der Waals surface area contributed by atoms with Gasteiger partial charge in [0.15, 0.2) is 11.0 Å². The molecule has 0 bridgehead atoms. The van der Waals surface area contributed by atoms with Crippen LogP contribution in [0.15, 0.2) is 40.8 Å². The number of benzene rings is 1. The van der Waals surface area contributed by atoms with Crippen molar-refractivity contribution in [3.8, 4) is 0 Å². The zero-order valence-electron chi connectivity index (χ0n) is 9.57. The second-order valence-electron chi connectivity index (χ2n) is 3.69. The van der Waals surface area contributed by atoms with Crippen LogP contribution in [0.3, 0.4) is 0 Å². The van der Waals surface area contributed by atoms with Crippen LogP contribution in [0.4, 0.5) is 5.69 Å². The Morgan fingerprint density at radius 3 is 2.28 bits per heavy atom. The molecule has 2 rings (SSSR count). The molecule has 4 nitrogen and oxygen atoms in total. The first-order valence-electron chi connectivity index (χ1n) is 5.24. The maximum Gasteiger partial charge on any atom is 0.228 e. The summed E-state index contributed by atoms with van der Waals surface area (Å²) in [7, 11) is 0. The Labute approximate surface area is 109 Å². The number of amides is 1. The molecule has 2 aromatic rings. The number of carbonyl (C=O) groups is 2.